The molecule has 6 aromatic rings. The summed E-state index contributed by atoms with van der Waals surface area (Å²) >= 11 is 0. The van der Waals surface area contributed by atoms with Crippen LogP contribution in [0.25, 0.3) is 32.7 Å². The minimum atomic E-state index is 0. The third-order valence-electron chi connectivity index (χ3n) is 6.02. The predicted octanol–water partition coefficient (Wildman–Crippen LogP) is 2.04. The Morgan fingerprint density at radius 2 is 1.17 bits per heavy atom. The zero-order chi connectivity index (χ0) is 22.6. The van der Waals surface area contributed by atoms with Gasteiger partial charge in [-0.3, -0.25) is 0 Å². The number of hydrogen-bond acceptors (Lipinski definition) is 0. The second kappa shape index (κ2) is 13.5. The van der Waals surface area contributed by atoms with Crippen LogP contribution in [0.4, 0.5) is 0 Å². The molecule has 36 heavy (non-hydrogen) atoms. The van der Waals surface area contributed by atoms with Gasteiger partial charge in [-0.15, -0.1) is 89.0 Å². The van der Waals surface area contributed by atoms with E-state index in [1.54, 1.807) is 0 Å². The van der Waals surface area contributed by atoms with E-state index in [1.807, 2.05) is 0 Å². The minimum Gasteiger partial charge on any atom is -1.00 e. The van der Waals surface area contributed by atoms with Gasteiger partial charge in [0.1, 0.15) is 0 Å². The summed E-state index contributed by atoms with van der Waals surface area (Å²) in [6.07, 6.45) is 0. The molecule has 0 amide bonds. The largest absolute Gasteiger partial charge is 4.00 e. The molecule has 0 heterocycles. The van der Waals surface area contributed by atoms with Crippen molar-refractivity contribution < 1.29 is 35.3 Å². The van der Waals surface area contributed by atoms with Crippen molar-refractivity contribution in [1.29, 1.82) is 0 Å². The van der Waals surface area contributed by atoms with Crippen LogP contribution in [-0.4, -0.2) is 0 Å². The Kier molecular flexibility index (Phi) is 11.1. The average molecular weight is 659 g/mol. The summed E-state index contributed by atoms with van der Waals surface area (Å²) in [5.41, 5.74) is 5.36. The van der Waals surface area contributed by atoms with Gasteiger partial charge >= 0.3 is 25.8 Å². The molecule has 0 bridgehead atoms. The van der Waals surface area contributed by atoms with E-state index in [1.165, 1.54) is 54.4 Å². The van der Waals surface area contributed by atoms with Crippen LogP contribution in [0.5, 0.6) is 0 Å². The van der Waals surface area contributed by atoms with Gasteiger partial charge in [0.2, 0.25) is 0 Å². The Balaban J connectivity index is 0.000000234. The molecule has 0 aliphatic carbocycles. The first-order valence-corrected chi connectivity index (χ1v) is 12.4. The number of aryl methyl sites for hydroxylation is 2. The average Bonchev–Trinajstić information content (AvgIpc) is 3.39. The molecule has 0 radical (unpaired) electrons. The van der Waals surface area contributed by atoms with Crippen LogP contribution in [0, 0.1) is 13.8 Å². The topological polar surface area (TPSA) is 0 Å². The van der Waals surface area contributed by atoms with Gasteiger partial charge in [-0.05, 0) is 10.9 Å². The van der Waals surface area contributed by atoms with E-state index in [4.69, 9.17) is 0 Å². The Morgan fingerprint density at radius 1 is 0.583 bits per heavy atom. The molecule has 0 aliphatic rings. The van der Waals surface area contributed by atoms with Gasteiger partial charge in [-0.2, -0.15) is 6.07 Å². The molecule has 0 aromatic heterocycles. The van der Waals surface area contributed by atoms with Crippen molar-refractivity contribution in [1.82, 2.24) is 0 Å². The van der Waals surface area contributed by atoms with Crippen LogP contribution in [0.15, 0.2) is 121 Å². The van der Waals surface area contributed by atoms with E-state index >= 15 is 0 Å². The summed E-state index contributed by atoms with van der Waals surface area (Å²) in [7, 11) is 0.754. The summed E-state index contributed by atoms with van der Waals surface area (Å²) in [5, 5.41) is 8.36. The first-order chi connectivity index (χ1) is 16.2. The molecule has 0 aliphatic heterocycles. The van der Waals surface area contributed by atoms with Crippen molar-refractivity contribution >= 4 is 40.7 Å². The number of halogens is 2. The molecule has 6 aromatic carbocycles. The maximum absolute atomic E-state index is 2.29. The summed E-state index contributed by atoms with van der Waals surface area (Å²) in [6, 6.07) is 43.2. The summed E-state index contributed by atoms with van der Waals surface area (Å²) in [6.45, 7) is 4.36. The van der Waals surface area contributed by atoms with Crippen molar-refractivity contribution in [3.63, 3.8) is 0 Å². The van der Waals surface area contributed by atoms with Gasteiger partial charge in [0, 0.05) is 0 Å². The van der Waals surface area contributed by atoms with Gasteiger partial charge in [0.15, 0.2) is 0 Å². The Labute approximate surface area is 232 Å². The molecule has 0 nitrogen and oxygen atoms in total. The second-order valence-corrected chi connectivity index (χ2v) is 9.82. The van der Waals surface area contributed by atoms with Crippen molar-refractivity contribution in [3.8, 4) is 11.1 Å². The fraction of sp³-hybridized carbons (Fsp3) is 0.0625. The second-order valence-electron chi connectivity index (χ2n) is 8.49. The van der Waals surface area contributed by atoms with Gasteiger partial charge in [0.05, 0.1) is 0 Å². The van der Waals surface area contributed by atoms with E-state index in [0.29, 0.717) is 0 Å². The minimum absolute atomic E-state index is 0. The van der Waals surface area contributed by atoms with Crippen molar-refractivity contribution in [2.75, 3.05) is 0 Å². The summed E-state index contributed by atoms with van der Waals surface area (Å²) in [5.74, 6) is 0. The fourth-order valence-electron chi connectivity index (χ4n) is 4.45. The molecule has 178 valence electrons. The maximum atomic E-state index is 2.29. The van der Waals surface area contributed by atoms with Crippen LogP contribution in [0.3, 0.4) is 0 Å². The molecule has 4 heteroatoms. The van der Waals surface area contributed by atoms with Crippen LogP contribution in [0.2, 0.25) is 0 Å². The molecule has 0 fully saturated rings. The van der Waals surface area contributed by atoms with E-state index in [9.17, 15) is 0 Å². The summed E-state index contributed by atoms with van der Waals surface area (Å²) < 4.78 is 0. The van der Waals surface area contributed by atoms with Crippen LogP contribution in [0.1, 0.15) is 11.1 Å². The van der Waals surface area contributed by atoms with E-state index < -0.39 is 0 Å². The molecular weight excluding hydrogens is 632 g/mol. The third-order valence-corrected chi connectivity index (χ3v) is 7.56. The number of rotatable bonds is 3. The third kappa shape index (κ3) is 6.52. The Bertz CT molecular complexity index is 1500. The molecule has 1 atom stereocenters. The van der Waals surface area contributed by atoms with Gasteiger partial charge in [-0.25, -0.2) is 0 Å². The van der Waals surface area contributed by atoms with E-state index in [0.717, 1.165) is 8.58 Å². The molecule has 0 saturated heterocycles. The van der Waals surface area contributed by atoms with Crippen LogP contribution < -0.4 is 20.0 Å². The predicted molar refractivity (Wildman–Crippen MR) is 148 cm³/mol. The normalized spacial score (nSPS) is 10.3. The molecule has 0 N–H and O–H groups in total. The smallest absolute Gasteiger partial charge is 1.00 e. The molecule has 0 spiro atoms. The molecule has 6 rings (SSSR count). The zero-order valence-corrected chi connectivity index (χ0v) is 24.9. The maximum Gasteiger partial charge on any atom is 4.00 e. The van der Waals surface area contributed by atoms with Crippen molar-refractivity contribution in [2.24, 2.45) is 0 Å². The zero-order valence-electron chi connectivity index (χ0n) is 20.3. The van der Waals surface area contributed by atoms with Crippen LogP contribution in [-0.2, 0) is 25.8 Å². The molecule has 0 saturated carbocycles. The van der Waals surface area contributed by atoms with Gasteiger partial charge < -0.3 is 9.41 Å². The SMILES string of the molecule is Cc1[cH-]c2ccccc2c1Pc1ccccc1.Cc1cc2c(-c3ccccc3)cccc2[cH-]1.[F-].[F-].[Hf+4]. The Hall–Kier alpha value is -2.74. The molecule has 1 unspecified atom stereocenters. The standard InChI is InChI=1S/C16H14P.C16H13.2FH.Hf/c1-12-11-13-7-5-6-10-15(13)16(12)17-14-8-3-2-4-9-14;1-12-10-14-8-5-9-15(16(14)11-12)13-6-3-2-4-7-13;;;/h2-11,17H,1H3;2-11H,1H3;2*1H;/q2*-1;;;+4/p-2. The van der Waals surface area contributed by atoms with Gasteiger partial charge in [-0.1, -0.05) is 92.2 Å². The first-order valence-electron chi connectivity index (χ1n) is 11.4. The van der Waals surface area contributed by atoms with Crippen molar-refractivity contribution in [3.05, 3.63) is 132 Å². The monoisotopic (exact) mass is 660 g/mol. The van der Waals surface area contributed by atoms with E-state index in [-0.39, 0.29) is 35.3 Å². The van der Waals surface area contributed by atoms with Crippen LogP contribution >= 0.6 is 8.58 Å². The number of hydrogen-bond donors (Lipinski definition) is 0. The van der Waals surface area contributed by atoms with E-state index in [2.05, 4.69) is 135 Å². The number of benzene rings is 4. The number of fused-ring (bicyclic) bond motifs is 2. The molecular formula is C32H27F2HfP. The fourth-order valence-corrected chi connectivity index (χ4v) is 5.73. The van der Waals surface area contributed by atoms with Gasteiger partial charge in [0.25, 0.3) is 0 Å². The summed E-state index contributed by atoms with van der Waals surface area (Å²) in [4.78, 5) is 0. The quantitative estimate of drug-likeness (QED) is 0.155. The van der Waals surface area contributed by atoms with Crippen molar-refractivity contribution in [2.45, 2.75) is 13.8 Å². The first kappa shape index (κ1) is 29.5. The Morgan fingerprint density at radius 3 is 1.89 bits per heavy atom.